The van der Waals surface area contributed by atoms with E-state index in [1.54, 1.807) is 6.07 Å². The molecule has 1 heterocycles. The number of nitrogens with one attached hydrogen (secondary N) is 1. The van der Waals surface area contributed by atoms with Crippen molar-refractivity contribution in [3.8, 4) is 11.8 Å². The molecule has 30 heavy (non-hydrogen) atoms. The van der Waals surface area contributed by atoms with Crippen LogP contribution in [0.25, 0.3) is 5.69 Å². The molecule has 0 bridgehead atoms. The molecule has 0 fully saturated rings. The fourth-order valence-corrected chi connectivity index (χ4v) is 2.94. The summed E-state index contributed by atoms with van der Waals surface area (Å²) in [6.07, 6.45) is -4.80. The number of nitrogens with zero attached hydrogens (tertiary/aromatic N) is 2. The zero-order valence-corrected chi connectivity index (χ0v) is 15.9. The van der Waals surface area contributed by atoms with Crippen molar-refractivity contribution in [1.29, 1.82) is 5.26 Å². The molecule has 2 rings (SSSR count). The molecule has 158 valence electrons. The maximum atomic E-state index is 13.7. The summed E-state index contributed by atoms with van der Waals surface area (Å²) in [5.41, 5.74) is -1.48. The molecule has 2 aromatic rings. The first-order chi connectivity index (χ1) is 13.8. The Kier molecular flexibility index (Phi) is 6.01. The van der Waals surface area contributed by atoms with Crippen LogP contribution >= 0.6 is 0 Å². The van der Waals surface area contributed by atoms with E-state index in [-0.39, 0.29) is 22.5 Å². The molecule has 1 aromatic carbocycles. The van der Waals surface area contributed by atoms with Gasteiger partial charge in [-0.25, -0.2) is 9.18 Å². The van der Waals surface area contributed by atoms with E-state index in [1.807, 2.05) is 0 Å². The zero-order valence-electron chi connectivity index (χ0n) is 15.9. The molecule has 1 unspecified atom stereocenters. The molecular formula is C19H15F4N3O4. The van der Waals surface area contributed by atoms with Crippen molar-refractivity contribution in [2.24, 2.45) is 0 Å². The highest BCUT2D eigenvalue weighted by molar-refractivity contribution is 6.43. The lowest BCUT2D eigenvalue weighted by Gasteiger charge is -2.17. The van der Waals surface area contributed by atoms with Gasteiger partial charge in [-0.1, -0.05) is 0 Å². The number of alkyl halides is 3. The number of ketones is 1. The minimum atomic E-state index is -4.80. The minimum Gasteiger partial charge on any atom is -0.478 e. The Bertz CT molecular complexity index is 1100. The van der Waals surface area contributed by atoms with Gasteiger partial charge in [-0.15, -0.1) is 0 Å². The van der Waals surface area contributed by atoms with E-state index in [0.29, 0.717) is 6.92 Å². The summed E-state index contributed by atoms with van der Waals surface area (Å²) in [6.45, 7) is 3.17. The number of carbonyl (C=O) groups is 3. The smallest absolute Gasteiger partial charge is 0.408 e. The van der Waals surface area contributed by atoms with Crippen LogP contribution in [0.1, 0.15) is 44.6 Å². The van der Waals surface area contributed by atoms with Gasteiger partial charge < -0.3 is 15.0 Å². The number of aromatic carboxylic acids is 1. The number of Topliss-reactive ketones (excluding diaryl/α,β-unsaturated/α-hetero) is 1. The quantitative estimate of drug-likeness (QED) is 0.434. The number of benzene rings is 1. The Labute approximate surface area is 167 Å². The Morgan fingerprint density at radius 2 is 1.83 bits per heavy atom. The van der Waals surface area contributed by atoms with Crippen molar-refractivity contribution < 1.29 is 37.1 Å². The molecular weight excluding hydrogens is 410 g/mol. The first-order valence-electron chi connectivity index (χ1n) is 8.38. The number of amides is 1. The minimum absolute atomic E-state index is 0.0129. The highest BCUT2D eigenvalue weighted by Gasteiger charge is 2.39. The lowest BCUT2D eigenvalue weighted by atomic mass is 10.1. The highest BCUT2D eigenvalue weighted by atomic mass is 19.4. The van der Waals surface area contributed by atoms with Crippen LogP contribution in [-0.4, -0.2) is 39.6 Å². The molecule has 0 aliphatic heterocycles. The van der Waals surface area contributed by atoms with Crippen molar-refractivity contribution in [2.75, 3.05) is 0 Å². The fraction of sp³-hybridized carbons (Fsp3) is 0.263. The maximum Gasteiger partial charge on any atom is 0.408 e. The highest BCUT2D eigenvalue weighted by Crippen LogP contribution is 2.28. The standard InChI is InChI=1S/C19H15F4N3O4/c1-8-14(18(29)30)9(2)26(12-4-5-13(20)11(6-12)7-24)15(8)16(27)17(28)25-10(3)19(21,22)23/h4-6,10H,1-3H3,(H,25,28)(H,29,30). The average molecular weight is 425 g/mol. The topological polar surface area (TPSA) is 112 Å². The van der Waals surface area contributed by atoms with Crippen molar-refractivity contribution in [1.82, 2.24) is 9.88 Å². The predicted molar refractivity (Wildman–Crippen MR) is 94.9 cm³/mol. The Morgan fingerprint density at radius 3 is 2.33 bits per heavy atom. The van der Waals surface area contributed by atoms with Crippen LogP contribution < -0.4 is 5.32 Å². The van der Waals surface area contributed by atoms with Gasteiger partial charge in [0.05, 0.1) is 11.1 Å². The zero-order chi connectivity index (χ0) is 23.0. The molecule has 2 N–H and O–H groups in total. The Hall–Kier alpha value is -3.68. The molecule has 0 aliphatic rings. The number of nitriles is 1. The van der Waals surface area contributed by atoms with Crippen molar-refractivity contribution in [3.63, 3.8) is 0 Å². The number of halogens is 4. The summed E-state index contributed by atoms with van der Waals surface area (Å²) >= 11 is 0. The first kappa shape index (κ1) is 22.6. The summed E-state index contributed by atoms with van der Waals surface area (Å²) in [7, 11) is 0. The van der Waals surface area contributed by atoms with Gasteiger partial charge in [0, 0.05) is 11.4 Å². The van der Waals surface area contributed by atoms with Crippen LogP contribution in [0.5, 0.6) is 0 Å². The van der Waals surface area contributed by atoms with Crippen LogP contribution in [0.3, 0.4) is 0 Å². The summed E-state index contributed by atoms with van der Waals surface area (Å²) < 4.78 is 52.8. The number of carbonyl (C=O) groups excluding carboxylic acids is 2. The Morgan fingerprint density at radius 1 is 1.23 bits per heavy atom. The largest absolute Gasteiger partial charge is 0.478 e. The van der Waals surface area contributed by atoms with Gasteiger partial charge in [0.2, 0.25) is 0 Å². The third-order valence-electron chi connectivity index (χ3n) is 4.45. The third kappa shape index (κ3) is 4.03. The van der Waals surface area contributed by atoms with E-state index in [9.17, 15) is 37.1 Å². The van der Waals surface area contributed by atoms with Crippen LogP contribution in [0, 0.1) is 31.0 Å². The predicted octanol–water partition coefficient (Wildman–Crippen LogP) is 3.05. The Balaban J connectivity index is 2.69. The van der Waals surface area contributed by atoms with Gasteiger partial charge >= 0.3 is 12.1 Å². The molecule has 1 aromatic heterocycles. The number of carboxylic acid groups (broad SMARTS) is 1. The second-order valence-electron chi connectivity index (χ2n) is 6.42. The van der Waals surface area contributed by atoms with E-state index >= 15 is 0 Å². The second kappa shape index (κ2) is 7.98. The van der Waals surface area contributed by atoms with Crippen LogP contribution in [-0.2, 0) is 4.79 Å². The summed E-state index contributed by atoms with van der Waals surface area (Å²) in [5, 5.41) is 20.0. The van der Waals surface area contributed by atoms with Gasteiger partial charge in [-0.2, -0.15) is 18.4 Å². The number of carboxylic acids is 1. The number of hydrogen-bond donors (Lipinski definition) is 2. The first-order valence-corrected chi connectivity index (χ1v) is 8.38. The monoisotopic (exact) mass is 425 g/mol. The van der Waals surface area contributed by atoms with E-state index in [0.717, 1.165) is 22.8 Å². The molecule has 1 amide bonds. The van der Waals surface area contributed by atoms with Crippen LogP contribution in [0.4, 0.5) is 17.6 Å². The van der Waals surface area contributed by atoms with Crippen molar-refractivity contribution >= 4 is 17.7 Å². The lowest BCUT2D eigenvalue weighted by Crippen LogP contribution is -2.46. The van der Waals surface area contributed by atoms with Crippen LogP contribution in [0.2, 0.25) is 0 Å². The maximum absolute atomic E-state index is 13.7. The van der Waals surface area contributed by atoms with E-state index in [1.165, 1.54) is 19.2 Å². The average Bonchev–Trinajstić information content (AvgIpc) is 2.91. The van der Waals surface area contributed by atoms with E-state index in [2.05, 4.69) is 0 Å². The summed E-state index contributed by atoms with van der Waals surface area (Å²) in [4.78, 5) is 36.5. The lowest BCUT2D eigenvalue weighted by molar-refractivity contribution is -0.156. The molecule has 11 heteroatoms. The SMILES string of the molecule is Cc1c(C(=O)O)c(C)n(-c2ccc(F)c(C#N)c2)c1C(=O)C(=O)NC(C)C(F)(F)F. The molecule has 0 saturated carbocycles. The van der Waals surface area contributed by atoms with Crippen LogP contribution in [0.15, 0.2) is 18.2 Å². The van der Waals surface area contributed by atoms with E-state index in [4.69, 9.17) is 5.26 Å². The molecule has 7 nitrogen and oxygen atoms in total. The number of rotatable bonds is 5. The third-order valence-corrected chi connectivity index (χ3v) is 4.45. The molecule has 0 aliphatic carbocycles. The molecule has 0 radical (unpaired) electrons. The van der Waals surface area contributed by atoms with Gasteiger partial charge in [-0.3, -0.25) is 9.59 Å². The summed E-state index contributed by atoms with van der Waals surface area (Å²) in [5.74, 6) is -5.32. The van der Waals surface area contributed by atoms with Crippen molar-refractivity contribution in [3.05, 3.63) is 52.1 Å². The normalized spacial score (nSPS) is 12.2. The van der Waals surface area contributed by atoms with Gasteiger partial charge in [0.1, 0.15) is 23.6 Å². The molecule has 0 saturated heterocycles. The fourth-order valence-electron chi connectivity index (χ4n) is 2.94. The molecule has 0 spiro atoms. The van der Waals surface area contributed by atoms with Gasteiger partial charge in [0.15, 0.2) is 0 Å². The number of hydrogen-bond acceptors (Lipinski definition) is 4. The van der Waals surface area contributed by atoms with E-state index < -0.39 is 47.0 Å². The van der Waals surface area contributed by atoms with Gasteiger partial charge in [0.25, 0.3) is 11.7 Å². The number of aromatic nitrogens is 1. The molecule has 1 atom stereocenters. The second-order valence-corrected chi connectivity index (χ2v) is 6.42. The summed E-state index contributed by atoms with van der Waals surface area (Å²) in [6, 6.07) is 2.34. The van der Waals surface area contributed by atoms with Crippen molar-refractivity contribution in [2.45, 2.75) is 33.0 Å². The van der Waals surface area contributed by atoms with Gasteiger partial charge in [-0.05, 0) is 44.5 Å².